The van der Waals surface area contributed by atoms with E-state index in [0.717, 1.165) is 61.4 Å². The first-order chi connectivity index (χ1) is 13.6. The van der Waals surface area contributed by atoms with Crippen LogP contribution in [0.3, 0.4) is 0 Å². The fourth-order valence-electron chi connectivity index (χ4n) is 4.22. The Hall–Kier alpha value is -2.51. The Balaban J connectivity index is 1.36. The predicted molar refractivity (Wildman–Crippen MR) is 109 cm³/mol. The summed E-state index contributed by atoms with van der Waals surface area (Å²) in [5.41, 5.74) is 9.73. The monoisotopic (exact) mass is 380 g/mol. The molecule has 0 bridgehead atoms. The SMILES string of the molecule is Cc1cc(-c2ccnc(N)n2)ccc1CNC(=O)[C@@H]1CC[C@@H]2CNCCN2C1. The average molecular weight is 380 g/mol. The van der Waals surface area contributed by atoms with Crippen LogP contribution in [0.5, 0.6) is 0 Å². The van der Waals surface area contributed by atoms with E-state index in [-0.39, 0.29) is 17.8 Å². The molecule has 7 nitrogen and oxygen atoms in total. The summed E-state index contributed by atoms with van der Waals surface area (Å²) in [4.78, 5) is 23.4. The van der Waals surface area contributed by atoms with Crippen molar-refractivity contribution >= 4 is 11.9 Å². The van der Waals surface area contributed by atoms with E-state index in [0.29, 0.717) is 12.6 Å². The Labute approximate surface area is 165 Å². The van der Waals surface area contributed by atoms with Gasteiger partial charge in [-0.3, -0.25) is 9.69 Å². The molecule has 2 saturated heterocycles. The van der Waals surface area contributed by atoms with Crippen molar-refractivity contribution in [3.63, 3.8) is 0 Å². The largest absolute Gasteiger partial charge is 0.368 e. The van der Waals surface area contributed by atoms with E-state index in [2.05, 4.69) is 44.6 Å². The zero-order valence-electron chi connectivity index (χ0n) is 16.3. The van der Waals surface area contributed by atoms with Crippen LogP contribution in [-0.2, 0) is 11.3 Å². The normalized spacial score (nSPS) is 22.5. The van der Waals surface area contributed by atoms with Gasteiger partial charge in [-0.2, -0.15) is 0 Å². The minimum absolute atomic E-state index is 0.0953. The Morgan fingerprint density at radius 2 is 2.25 bits per heavy atom. The number of nitrogens with one attached hydrogen (secondary N) is 2. The molecule has 1 aromatic heterocycles. The summed E-state index contributed by atoms with van der Waals surface area (Å²) >= 11 is 0. The number of carbonyl (C=O) groups is 1. The molecule has 0 unspecified atom stereocenters. The average Bonchev–Trinajstić information content (AvgIpc) is 2.72. The molecule has 148 valence electrons. The van der Waals surface area contributed by atoms with Gasteiger partial charge in [0.05, 0.1) is 11.6 Å². The second-order valence-corrected chi connectivity index (χ2v) is 7.79. The summed E-state index contributed by atoms with van der Waals surface area (Å²) in [7, 11) is 0. The summed E-state index contributed by atoms with van der Waals surface area (Å²) in [6.07, 6.45) is 3.73. The highest BCUT2D eigenvalue weighted by Crippen LogP contribution is 2.24. The van der Waals surface area contributed by atoms with E-state index in [9.17, 15) is 4.79 Å². The molecule has 0 saturated carbocycles. The molecule has 2 atom stereocenters. The van der Waals surface area contributed by atoms with Crippen molar-refractivity contribution in [3.8, 4) is 11.3 Å². The van der Waals surface area contributed by atoms with Crippen LogP contribution >= 0.6 is 0 Å². The van der Waals surface area contributed by atoms with Crippen LogP contribution in [0.15, 0.2) is 30.5 Å². The van der Waals surface area contributed by atoms with Gasteiger partial charge in [0, 0.05) is 50.5 Å². The molecule has 1 amide bonds. The molecule has 4 N–H and O–H groups in total. The number of rotatable bonds is 4. The summed E-state index contributed by atoms with van der Waals surface area (Å²) in [6, 6.07) is 8.59. The molecule has 2 aromatic rings. The molecule has 2 aliphatic heterocycles. The second kappa shape index (κ2) is 8.24. The third-order valence-corrected chi connectivity index (χ3v) is 5.91. The quantitative estimate of drug-likeness (QED) is 0.741. The third kappa shape index (κ3) is 4.15. The highest BCUT2D eigenvalue weighted by Gasteiger charge is 2.33. The van der Waals surface area contributed by atoms with Crippen LogP contribution in [0, 0.1) is 12.8 Å². The van der Waals surface area contributed by atoms with Crippen LogP contribution in [0.2, 0.25) is 0 Å². The summed E-state index contributed by atoms with van der Waals surface area (Å²) < 4.78 is 0. The van der Waals surface area contributed by atoms with Crippen molar-refractivity contribution in [1.82, 2.24) is 25.5 Å². The van der Waals surface area contributed by atoms with Crippen molar-refractivity contribution < 1.29 is 4.79 Å². The van der Waals surface area contributed by atoms with E-state index < -0.39 is 0 Å². The highest BCUT2D eigenvalue weighted by atomic mass is 16.1. The second-order valence-electron chi connectivity index (χ2n) is 7.79. The number of carbonyl (C=O) groups excluding carboxylic acids is 1. The van der Waals surface area contributed by atoms with Gasteiger partial charge in [0.25, 0.3) is 0 Å². The van der Waals surface area contributed by atoms with Gasteiger partial charge >= 0.3 is 0 Å². The Morgan fingerprint density at radius 1 is 1.36 bits per heavy atom. The first-order valence-corrected chi connectivity index (χ1v) is 10.0. The Morgan fingerprint density at radius 3 is 3.07 bits per heavy atom. The molecule has 0 radical (unpaired) electrons. The predicted octanol–water partition coefficient (Wildman–Crippen LogP) is 1.33. The highest BCUT2D eigenvalue weighted by molar-refractivity contribution is 5.79. The van der Waals surface area contributed by atoms with Gasteiger partial charge in [-0.1, -0.05) is 12.1 Å². The standard InChI is InChI=1S/C21H28N6O/c1-14-10-15(19-6-7-24-21(22)26-19)2-3-16(14)11-25-20(28)17-4-5-18-12-23-8-9-27(18)13-17/h2-3,6-7,10,17-18,23H,4-5,8-9,11-13H2,1H3,(H,25,28)(H2,22,24,26)/t17-,18-/m1/s1. The number of nitrogens with zero attached hydrogens (tertiary/aromatic N) is 3. The molecule has 28 heavy (non-hydrogen) atoms. The fraction of sp³-hybridized carbons (Fsp3) is 0.476. The maximum absolute atomic E-state index is 12.7. The number of nitrogen functional groups attached to an aromatic ring is 1. The number of hydrogen-bond donors (Lipinski definition) is 3. The zero-order chi connectivity index (χ0) is 19.5. The van der Waals surface area contributed by atoms with Crippen LogP contribution < -0.4 is 16.4 Å². The van der Waals surface area contributed by atoms with E-state index in [4.69, 9.17) is 5.73 Å². The first kappa shape index (κ1) is 18.8. The number of nitrogens with two attached hydrogens (primary N) is 1. The first-order valence-electron chi connectivity index (χ1n) is 10.0. The number of anilines is 1. The number of fused-ring (bicyclic) bond motifs is 1. The molecule has 3 heterocycles. The molecule has 2 fully saturated rings. The van der Waals surface area contributed by atoms with Gasteiger partial charge in [-0.05, 0) is 43.0 Å². The smallest absolute Gasteiger partial charge is 0.224 e. The molecule has 0 spiro atoms. The van der Waals surface area contributed by atoms with Crippen molar-refractivity contribution in [2.75, 3.05) is 31.9 Å². The van der Waals surface area contributed by atoms with Gasteiger partial charge in [0.15, 0.2) is 0 Å². The van der Waals surface area contributed by atoms with Crippen molar-refractivity contribution in [2.24, 2.45) is 5.92 Å². The number of amides is 1. The maximum Gasteiger partial charge on any atom is 0.224 e. The lowest BCUT2D eigenvalue weighted by Gasteiger charge is -2.42. The number of aromatic nitrogens is 2. The van der Waals surface area contributed by atoms with Gasteiger partial charge in [-0.15, -0.1) is 0 Å². The summed E-state index contributed by atoms with van der Waals surface area (Å²) in [5, 5.41) is 6.59. The Bertz CT molecular complexity index is 855. The maximum atomic E-state index is 12.7. The topological polar surface area (TPSA) is 96.2 Å². The van der Waals surface area contributed by atoms with Crippen LogP contribution in [0.4, 0.5) is 5.95 Å². The number of aryl methyl sites for hydroxylation is 1. The third-order valence-electron chi connectivity index (χ3n) is 5.91. The Kier molecular flexibility index (Phi) is 5.54. The van der Waals surface area contributed by atoms with Crippen LogP contribution in [0.25, 0.3) is 11.3 Å². The minimum Gasteiger partial charge on any atom is -0.368 e. The van der Waals surface area contributed by atoms with E-state index >= 15 is 0 Å². The summed E-state index contributed by atoms with van der Waals surface area (Å²) in [6.45, 7) is 6.61. The number of benzene rings is 1. The van der Waals surface area contributed by atoms with E-state index in [1.54, 1.807) is 6.20 Å². The molecule has 7 heteroatoms. The van der Waals surface area contributed by atoms with Crippen molar-refractivity contribution in [2.45, 2.75) is 32.4 Å². The minimum atomic E-state index is 0.0953. The molecule has 4 rings (SSSR count). The lowest BCUT2D eigenvalue weighted by atomic mass is 9.91. The van der Waals surface area contributed by atoms with Gasteiger partial charge in [0.2, 0.25) is 11.9 Å². The molecule has 1 aromatic carbocycles. The van der Waals surface area contributed by atoms with Crippen LogP contribution in [0.1, 0.15) is 24.0 Å². The summed E-state index contributed by atoms with van der Waals surface area (Å²) in [5.74, 6) is 0.535. The van der Waals surface area contributed by atoms with E-state index in [1.807, 2.05) is 12.1 Å². The van der Waals surface area contributed by atoms with Crippen molar-refractivity contribution in [3.05, 3.63) is 41.6 Å². The number of piperidine rings is 1. The molecular weight excluding hydrogens is 352 g/mol. The van der Waals surface area contributed by atoms with Gasteiger partial charge < -0.3 is 16.4 Å². The van der Waals surface area contributed by atoms with Crippen LogP contribution in [-0.4, -0.2) is 53.0 Å². The molecule has 2 aliphatic rings. The lowest BCUT2D eigenvalue weighted by molar-refractivity contribution is -0.127. The number of hydrogen-bond acceptors (Lipinski definition) is 6. The van der Waals surface area contributed by atoms with Crippen molar-refractivity contribution in [1.29, 1.82) is 0 Å². The fourth-order valence-corrected chi connectivity index (χ4v) is 4.22. The zero-order valence-corrected chi connectivity index (χ0v) is 16.3. The van der Waals surface area contributed by atoms with E-state index in [1.165, 1.54) is 0 Å². The van der Waals surface area contributed by atoms with Gasteiger partial charge in [-0.25, -0.2) is 9.97 Å². The van der Waals surface area contributed by atoms with Gasteiger partial charge in [0.1, 0.15) is 0 Å². The lowest BCUT2D eigenvalue weighted by Crippen LogP contribution is -2.56. The number of piperazine rings is 1. The molecule has 0 aliphatic carbocycles. The molecular formula is C21H28N6O.